The van der Waals surface area contributed by atoms with Crippen molar-refractivity contribution in [3.8, 4) is 0 Å². The van der Waals surface area contributed by atoms with Crippen LogP contribution in [0.1, 0.15) is 43.2 Å². The smallest absolute Gasteiger partial charge is 0.325 e. The number of hydrogen-bond acceptors (Lipinski definition) is 4. The van der Waals surface area contributed by atoms with Gasteiger partial charge >= 0.3 is 6.03 Å². The molecule has 0 aromatic heterocycles. The van der Waals surface area contributed by atoms with Crippen molar-refractivity contribution in [3.05, 3.63) is 35.4 Å². The highest BCUT2D eigenvalue weighted by Gasteiger charge is 2.53. The Morgan fingerprint density at radius 3 is 2.93 bits per heavy atom. The van der Waals surface area contributed by atoms with Crippen LogP contribution in [0.3, 0.4) is 0 Å². The summed E-state index contributed by atoms with van der Waals surface area (Å²) in [5.41, 5.74) is 0.912. The molecule has 0 bridgehead atoms. The third-order valence-electron chi connectivity index (χ3n) is 5.75. The van der Waals surface area contributed by atoms with E-state index in [1.165, 1.54) is 0 Å². The molecule has 1 aromatic carbocycles. The molecule has 4 rings (SSSR count). The Kier molecular flexibility index (Phi) is 4.86. The molecule has 144 valence electrons. The summed E-state index contributed by atoms with van der Waals surface area (Å²) in [6.07, 6.45) is 5.21. The second-order valence-corrected chi connectivity index (χ2v) is 7.53. The Balaban J connectivity index is 1.49. The normalized spacial score (nSPS) is 27.4. The summed E-state index contributed by atoms with van der Waals surface area (Å²) in [5.74, 6) is -0.665. The Bertz CT molecular complexity index is 759. The molecule has 2 heterocycles. The third kappa shape index (κ3) is 3.32. The van der Waals surface area contributed by atoms with Crippen LogP contribution in [-0.2, 0) is 26.3 Å². The van der Waals surface area contributed by atoms with Crippen LogP contribution in [0.15, 0.2) is 24.3 Å². The molecule has 2 atom stereocenters. The minimum atomic E-state index is -1.04. The van der Waals surface area contributed by atoms with Crippen molar-refractivity contribution in [2.75, 3.05) is 19.7 Å². The second kappa shape index (κ2) is 7.31. The number of nitrogens with one attached hydrogen (secondary N) is 2. The second-order valence-electron chi connectivity index (χ2n) is 7.53. The fraction of sp³-hybridized carbons (Fsp3) is 0.550. The van der Waals surface area contributed by atoms with E-state index in [2.05, 4.69) is 10.6 Å². The van der Waals surface area contributed by atoms with E-state index in [1.54, 1.807) is 0 Å². The molecule has 2 fully saturated rings. The molecule has 1 aliphatic carbocycles. The zero-order valence-electron chi connectivity index (χ0n) is 15.3. The van der Waals surface area contributed by atoms with E-state index in [-0.39, 0.29) is 24.5 Å². The molecule has 0 radical (unpaired) electrons. The van der Waals surface area contributed by atoms with Gasteiger partial charge in [0.2, 0.25) is 5.91 Å². The number of hydrogen-bond donors (Lipinski definition) is 2. The summed E-state index contributed by atoms with van der Waals surface area (Å²) < 4.78 is 5.48. The molecular weight excluding hydrogens is 346 g/mol. The molecule has 2 N–H and O–H groups in total. The number of urea groups is 1. The average Bonchev–Trinajstić information content (AvgIpc) is 3.21. The van der Waals surface area contributed by atoms with Crippen molar-refractivity contribution >= 4 is 17.8 Å². The predicted octanol–water partition coefficient (Wildman–Crippen LogP) is 1.46. The summed E-state index contributed by atoms with van der Waals surface area (Å²) in [6, 6.07) is 7.28. The maximum atomic E-state index is 13.2. The lowest BCUT2D eigenvalue weighted by Gasteiger charge is -2.27. The van der Waals surface area contributed by atoms with Crippen molar-refractivity contribution in [3.63, 3.8) is 0 Å². The Labute approximate surface area is 158 Å². The summed E-state index contributed by atoms with van der Waals surface area (Å²) in [6.45, 7) is 0.868. The summed E-state index contributed by atoms with van der Waals surface area (Å²) in [4.78, 5) is 39.1. The molecule has 7 nitrogen and oxygen atoms in total. The van der Waals surface area contributed by atoms with Crippen LogP contribution >= 0.6 is 0 Å². The van der Waals surface area contributed by atoms with Crippen molar-refractivity contribution in [1.82, 2.24) is 15.5 Å². The molecule has 2 aliphatic heterocycles. The lowest BCUT2D eigenvalue weighted by molar-refractivity contribution is -0.135. The quantitative estimate of drug-likeness (QED) is 0.785. The van der Waals surface area contributed by atoms with Gasteiger partial charge in [-0.1, -0.05) is 24.3 Å². The minimum Gasteiger partial charge on any atom is -0.376 e. The highest BCUT2D eigenvalue weighted by atomic mass is 16.5. The monoisotopic (exact) mass is 371 g/mol. The number of benzene rings is 1. The molecular formula is C20H25N3O4. The third-order valence-corrected chi connectivity index (χ3v) is 5.75. The van der Waals surface area contributed by atoms with Gasteiger partial charge in [0.1, 0.15) is 12.1 Å². The number of fused-ring (bicyclic) bond motifs is 2. The van der Waals surface area contributed by atoms with Gasteiger partial charge in [-0.2, -0.15) is 0 Å². The van der Waals surface area contributed by atoms with Gasteiger partial charge in [-0.05, 0) is 49.7 Å². The van der Waals surface area contributed by atoms with Crippen molar-refractivity contribution in [2.24, 2.45) is 0 Å². The van der Waals surface area contributed by atoms with Gasteiger partial charge in [-0.15, -0.1) is 0 Å². The molecule has 27 heavy (non-hydrogen) atoms. The first-order chi connectivity index (χ1) is 13.1. The molecule has 0 unspecified atom stereocenters. The maximum absolute atomic E-state index is 13.2. The van der Waals surface area contributed by atoms with Crippen molar-refractivity contribution in [1.29, 1.82) is 0 Å². The number of carbonyl (C=O) groups is 3. The number of aryl methyl sites for hydroxylation is 1. The topological polar surface area (TPSA) is 87.7 Å². The molecule has 4 amide bonds. The van der Waals surface area contributed by atoms with Crippen molar-refractivity contribution in [2.45, 2.75) is 50.2 Å². The van der Waals surface area contributed by atoms with Crippen LogP contribution in [0, 0.1) is 0 Å². The largest absolute Gasteiger partial charge is 0.376 e. The van der Waals surface area contributed by atoms with Gasteiger partial charge in [0.05, 0.1) is 6.10 Å². The predicted molar refractivity (Wildman–Crippen MR) is 97.9 cm³/mol. The first kappa shape index (κ1) is 18.0. The van der Waals surface area contributed by atoms with Gasteiger partial charge in [0, 0.05) is 13.2 Å². The highest BCUT2D eigenvalue weighted by molar-refractivity contribution is 6.09. The minimum absolute atomic E-state index is 0.0251. The van der Waals surface area contributed by atoms with E-state index < -0.39 is 11.6 Å². The number of imide groups is 1. The standard InChI is InChI=1S/C20H25N3O4/c24-17(21-12-15-8-5-11-27-15)13-23-18(25)20(22-19(23)26)10-4-3-7-14-6-1-2-9-16(14)20/h1-2,6,9,15H,3-5,7-8,10-13H2,(H,21,24)(H,22,26)/t15-,20-/m0/s1. The summed E-state index contributed by atoms with van der Waals surface area (Å²) in [5, 5.41) is 5.68. The highest BCUT2D eigenvalue weighted by Crippen LogP contribution is 2.38. The lowest BCUT2D eigenvalue weighted by atomic mass is 9.84. The lowest BCUT2D eigenvalue weighted by Crippen LogP contribution is -2.46. The first-order valence-electron chi connectivity index (χ1n) is 9.71. The number of amides is 4. The van der Waals surface area contributed by atoms with Gasteiger partial charge in [0.25, 0.3) is 5.91 Å². The number of ether oxygens (including phenoxy) is 1. The Hall–Kier alpha value is -2.41. The van der Waals surface area contributed by atoms with E-state index in [4.69, 9.17) is 4.74 Å². The van der Waals surface area contributed by atoms with E-state index in [0.717, 1.165) is 54.7 Å². The summed E-state index contributed by atoms with van der Waals surface area (Å²) in [7, 11) is 0. The Morgan fingerprint density at radius 1 is 1.26 bits per heavy atom. The molecule has 3 aliphatic rings. The average molecular weight is 371 g/mol. The van der Waals surface area contributed by atoms with Crippen LogP contribution in [0.2, 0.25) is 0 Å². The van der Waals surface area contributed by atoms with Gasteiger partial charge in [-0.25, -0.2) is 4.79 Å². The number of rotatable bonds is 4. The molecule has 1 spiro atoms. The Morgan fingerprint density at radius 2 is 2.11 bits per heavy atom. The van der Waals surface area contributed by atoms with Crippen LogP contribution in [0.25, 0.3) is 0 Å². The molecule has 0 saturated carbocycles. The van der Waals surface area contributed by atoms with Crippen molar-refractivity contribution < 1.29 is 19.1 Å². The van der Waals surface area contributed by atoms with Crippen LogP contribution in [0.5, 0.6) is 0 Å². The van der Waals surface area contributed by atoms with Gasteiger partial charge < -0.3 is 15.4 Å². The van der Waals surface area contributed by atoms with Crippen LogP contribution in [0.4, 0.5) is 4.79 Å². The van der Waals surface area contributed by atoms with E-state index >= 15 is 0 Å². The van der Waals surface area contributed by atoms with E-state index in [0.29, 0.717) is 13.0 Å². The zero-order chi connectivity index (χ0) is 18.9. The zero-order valence-corrected chi connectivity index (χ0v) is 15.3. The van der Waals surface area contributed by atoms with E-state index in [9.17, 15) is 14.4 Å². The van der Waals surface area contributed by atoms with E-state index in [1.807, 2.05) is 24.3 Å². The first-order valence-corrected chi connectivity index (χ1v) is 9.71. The van der Waals surface area contributed by atoms with Gasteiger partial charge in [-0.3, -0.25) is 14.5 Å². The SMILES string of the molecule is O=C(CN1C(=O)N[C@]2(CCCCc3ccccc32)C1=O)NC[C@@H]1CCCO1. The fourth-order valence-corrected chi connectivity index (χ4v) is 4.35. The molecule has 7 heteroatoms. The summed E-state index contributed by atoms with van der Waals surface area (Å²) >= 11 is 0. The number of carbonyl (C=O) groups excluding carboxylic acids is 3. The maximum Gasteiger partial charge on any atom is 0.325 e. The fourth-order valence-electron chi connectivity index (χ4n) is 4.35. The number of nitrogens with zero attached hydrogens (tertiary/aromatic N) is 1. The van der Waals surface area contributed by atoms with Crippen LogP contribution < -0.4 is 10.6 Å². The molecule has 1 aromatic rings. The van der Waals surface area contributed by atoms with Gasteiger partial charge in [0.15, 0.2) is 0 Å². The molecule has 2 saturated heterocycles. The van der Waals surface area contributed by atoms with Crippen LogP contribution in [-0.4, -0.2) is 48.5 Å².